The van der Waals surface area contributed by atoms with Gasteiger partial charge in [0.05, 0.1) is 16.9 Å². The first-order chi connectivity index (χ1) is 12.4. The molecule has 0 spiro atoms. The normalized spacial score (nSPS) is 15.0. The maximum Gasteiger partial charge on any atom is 0.263 e. The third-order valence-electron chi connectivity index (χ3n) is 4.18. The molecule has 1 aliphatic heterocycles. The lowest BCUT2D eigenvalue weighted by molar-refractivity contribution is -0.129. The van der Waals surface area contributed by atoms with Crippen molar-refractivity contribution in [2.75, 3.05) is 35.8 Å². The molecule has 0 bridgehead atoms. The fraction of sp³-hybridized carbons (Fsp3) is 0.294. The second-order valence-electron chi connectivity index (χ2n) is 5.93. The van der Waals surface area contributed by atoms with Gasteiger partial charge in [0.2, 0.25) is 5.91 Å². The molecule has 1 amide bonds. The molecule has 2 aromatic rings. The van der Waals surface area contributed by atoms with Crippen LogP contribution in [0.2, 0.25) is 5.02 Å². The molecule has 0 radical (unpaired) electrons. The van der Waals surface area contributed by atoms with E-state index in [0.717, 1.165) is 5.82 Å². The maximum atomic E-state index is 12.4. The maximum absolute atomic E-state index is 12.4. The fourth-order valence-electron chi connectivity index (χ4n) is 2.76. The van der Waals surface area contributed by atoms with E-state index in [0.29, 0.717) is 31.9 Å². The van der Waals surface area contributed by atoms with E-state index in [2.05, 4.69) is 14.6 Å². The lowest BCUT2D eigenvalue weighted by Gasteiger charge is -2.34. The minimum atomic E-state index is -3.78. The SMILES string of the molecule is CC(=O)N1CCN(c2ccc(NS(=O)(=O)c3ccccc3Cl)cn2)CC1. The highest BCUT2D eigenvalue weighted by molar-refractivity contribution is 7.92. The molecule has 1 aromatic heterocycles. The van der Waals surface area contributed by atoms with E-state index in [1.165, 1.54) is 18.3 Å². The van der Waals surface area contributed by atoms with Crippen molar-refractivity contribution in [2.45, 2.75) is 11.8 Å². The van der Waals surface area contributed by atoms with E-state index >= 15 is 0 Å². The van der Waals surface area contributed by atoms with E-state index in [-0.39, 0.29) is 15.8 Å². The van der Waals surface area contributed by atoms with E-state index in [1.54, 1.807) is 36.1 Å². The minimum absolute atomic E-state index is 0.0195. The largest absolute Gasteiger partial charge is 0.353 e. The van der Waals surface area contributed by atoms with Gasteiger partial charge in [0.15, 0.2) is 0 Å². The Kier molecular flexibility index (Phi) is 5.33. The lowest BCUT2D eigenvalue weighted by atomic mass is 10.3. The monoisotopic (exact) mass is 394 g/mol. The number of sulfonamides is 1. The van der Waals surface area contributed by atoms with Crippen molar-refractivity contribution < 1.29 is 13.2 Å². The molecular weight excluding hydrogens is 376 g/mol. The predicted molar refractivity (Wildman–Crippen MR) is 101 cm³/mol. The van der Waals surface area contributed by atoms with Crippen molar-refractivity contribution in [3.63, 3.8) is 0 Å². The molecule has 26 heavy (non-hydrogen) atoms. The van der Waals surface area contributed by atoms with Crippen LogP contribution in [0.5, 0.6) is 0 Å². The lowest BCUT2D eigenvalue weighted by Crippen LogP contribution is -2.48. The van der Waals surface area contributed by atoms with Gasteiger partial charge < -0.3 is 9.80 Å². The molecule has 1 aliphatic rings. The Bertz CT molecular complexity index is 894. The number of rotatable bonds is 4. The van der Waals surface area contributed by atoms with Gasteiger partial charge in [0, 0.05) is 33.1 Å². The second-order valence-corrected chi connectivity index (χ2v) is 7.99. The zero-order chi connectivity index (χ0) is 18.7. The van der Waals surface area contributed by atoms with Crippen molar-refractivity contribution in [1.29, 1.82) is 0 Å². The first-order valence-electron chi connectivity index (χ1n) is 8.11. The van der Waals surface area contributed by atoms with Gasteiger partial charge in [-0.3, -0.25) is 9.52 Å². The minimum Gasteiger partial charge on any atom is -0.353 e. The molecule has 7 nitrogen and oxygen atoms in total. The topological polar surface area (TPSA) is 82.6 Å². The first-order valence-corrected chi connectivity index (χ1v) is 9.97. The Hall–Kier alpha value is -2.32. The van der Waals surface area contributed by atoms with E-state index in [4.69, 9.17) is 11.6 Å². The number of anilines is 2. The summed E-state index contributed by atoms with van der Waals surface area (Å²) in [6.45, 7) is 4.25. The highest BCUT2D eigenvalue weighted by Gasteiger charge is 2.20. The Morgan fingerprint density at radius 2 is 1.81 bits per heavy atom. The molecule has 1 aromatic carbocycles. The van der Waals surface area contributed by atoms with Gasteiger partial charge in [-0.05, 0) is 24.3 Å². The van der Waals surface area contributed by atoms with Gasteiger partial charge in [-0.1, -0.05) is 23.7 Å². The van der Waals surface area contributed by atoms with Crippen LogP contribution in [0, 0.1) is 0 Å². The molecule has 2 heterocycles. The summed E-state index contributed by atoms with van der Waals surface area (Å²) in [6.07, 6.45) is 1.47. The van der Waals surface area contributed by atoms with Crippen molar-refractivity contribution in [2.24, 2.45) is 0 Å². The number of hydrogen-bond donors (Lipinski definition) is 1. The number of hydrogen-bond acceptors (Lipinski definition) is 5. The quantitative estimate of drug-likeness (QED) is 0.859. The summed E-state index contributed by atoms with van der Waals surface area (Å²) < 4.78 is 27.4. The molecule has 1 N–H and O–H groups in total. The molecule has 0 aliphatic carbocycles. The van der Waals surface area contributed by atoms with Gasteiger partial charge in [-0.15, -0.1) is 0 Å². The Morgan fingerprint density at radius 1 is 1.12 bits per heavy atom. The fourth-order valence-corrected chi connectivity index (χ4v) is 4.32. The van der Waals surface area contributed by atoms with Gasteiger partial charge in [0.25, 0.3) is 10.0 Å². The second kappa shape index (κ2) is 7.51. The highest BCUT2D eigenvalue weighted by Crippen LogP contribution is 2.24. The number of piperazine rings is 1. The van der Waals surface area contributed by atoms with Crippen molar-refractivity contribution in [1.82, 2.24) is 9.88 Å². The van der Waals surface area contributed by atoms with Crippen LogP contribution in [0.1, 0.15) is 6.92 Å². The smallest absolute Gasteiger partial charge is 0.263 e. The van der Waals surface area contributed by atoms with Gasteiger partial charge >= 0.3 is 0 Å². The number of benzene rings is 1. The third kappa shape index (κ3) is 4.08. The summed E-state index contributed by atoms with van der Waals surface area (Å²) in [7, 11) is -3.78. The molecular formula is C17H19ClN4O3S. The molecule has 1 saturated heterocycles. The number of nitrogens with one attached hydrogen (secondary N) is 1. The summed E-state index contributed by atoms with van der Waals surface area (Å²) in [5.74, 6) is 0.816. The molecule has 9 heteroatoms. The van der Waals surface area contributed by atoms with Gasteiger partial charge in [-0.2, -0.15) is 0 Å². The van der Waals surface area contributed by atoms with Crippen LogP contribution in [0.4, 0.5) is 11.5 Å². The molecule has 0 atom stereocenters. The standard InChI is InChI=1S/C17H19ClN4O3S/c1-13(23)21-8-10-22(11-9-21)17-7-6-14(12-19-17)20-26(24,25)16-5-3-2-4-15(16)18/h2-7,12,20H,8-11H2,1H3. The highest BCUT2D eigenvalue weighted by atomic mass is 35.5. The molecule has 0 saturated carbocycles. The van der Waals surface area contributed by atoms with Crippen molar-refractivity contribution >= 4 is 39.0 Å². The summed E-state index contributed by atoms with van der Waals surface area (Å²) in [6, 6.07) is 9.67. The zero-order valence-electron chi connectivity index (χ0n) is 14.2. The number of carbonyl (C=O) groups is 1. The molecule has 3 rings (SSSR count). The number of halogens is 1. The van der Waals surface area contributed by atoms with Crippen LogP contribution in [-0.4, -0.2) is 50.4 Å². The van der Waals surface area contributed by atoms with Crippen LogP contribution < -0.4 is 9.62 Å². The Morgan fingerprint density at radius 3 is 2.38 bits per heavy atom. The number of carbonyl (C=O) groups excluding carboxylic acids is 1. The van der Waals surface area contributed by atoms with Crippen LogP contribution in [0.15, 0.2) is 47.5 Å². The van der Waals surface area contributed by atoms with Gasteiger partial charge in [-0.25, -0.2) is 13.4 Å². The number of amides is 1. The Labute approximate surface area is 157 Å². The van der Waals surface area contributed by atoms with E-state index in [1.807, 2.05) is 0 Å². The summed E-state index contributed by atoms with van der Waals surface area (Å²) in [4.78, 5) is 19.6. The number of aromatic nitrogens is 1. The molecule has 1 fully saturated rings. The summed E-state index contributed by atoms with van der Waals surface area (Å²) in [5.41, 5.74) is 0.357. The number of nitrogens with zero attached hydrogens (tertiary/aromatic N) is 3. The average Bonchev–Trinajstić information content (AvgIpc) is 2.62. The summed E-state index contributed by atoms with van der Waals surface area (Å²) >= 11 is 5.97. The third-order valence-corrected chi connectivity index (χ3v) is 6.06. The van der Waals surface area contributed by atoms with Gasteiger partial charge in [0.1, 0.15) is 10.7 Å². The summed E-state index contributed by atoms with van der Waals surface area (Å²) in [5, 5.41) is 0.160. The average molecular weight is 395 g/mol. The van der Waals surface area contributed by atoms with Crippen molar-refractivity contribution in [3.05, 3.63) is 47.6 Å². The van der Waals surface area contributed by atoms with Crippen LogP contribution in [0.25, 0.3) is 0 Å². The zero-order valence-corrected chi connectivity index (χ0v) is 15.8. The molecule has 0 unspecified atom stereocenters. The van der Waals surface area contributed by atoms with E-state index < -0.39 is 10.0 Å². The van der Waals surface area contributed by atoms with Crippen LogP contribution >= 0.6 is 11.6 Å². The first kappa shape index (κ1) is 18.5. The van der Waals surface area contributed by atoms with Crippen molar-refractivity contribution in [3.8, 4) is 0 Å². The van der Waals surface area contributed by atoms with E-state index in [9.17, 15) is 13.2 Å². The van der Waals surface area contributed by atoms with Crippen LogP contribution in [-0.2, 0) is 14.8 Å². The Balaban J connectivity index is 1.69. The predicted octanol–water partition coefficient (Wildman–Crippen LogP) is 2.20. The molecule has 138 valence electrons. The number of pyridine rings is 1. The van der Waals surface area contributed by atoms with Crippen LogP contribution in [0.3, 0.4) is 0 Å².